The van der Waals surface area contributed by atoms with Crippen LogP contribution in [0.2, 0.25) is 0 Å². The van der Waals surface area contributed by atoms with Crippen molar-refractivity contribution in [3.8, 4) is 5.75 Å². The molecule has 0 spiro atoms. The van der Waals surface area contributed by atoms with Crippen molar-refractivity contribution < 1.29 is 4.74 Å². The maximum atomic E-state index is 6.45. The lowest BCUT2D eigenvalue weighted by Crippen LogP contribution is -2.43. The van der Waals surface area contributed by atoms with Crippen molar-refractivity contribution in [1.29, 1.82) is 0 Å². The number of ether oxygens (including phenoxy) is 1. The summed E-state index contributed by atoms with van der Waals surface area (Å²) in [5, 5.41) is 7.26. The molecule has 132 valence electrons. The number of fused-ring (bicyclic) bond motifs is 3. The van der Waals surface area contributed by atoms with Crippen molar-refractivity contribution in [3.05, 3.63) is 47.3 Å². The molecule has 5 heteroatoms. The van der Waals surface area contributed by atoms with E-state index in [1.54, 1.807) is 0 Å². The average molecular weight is 338 g/mol. The van der Waals surface area contributed by atoms with Gasteiger partial charge in [0.1, 0.15) is 11.4 Å². The molecular formula is C20H26N4O. The molecular weight excluding hydrogens is 312 g/mol. The number of hydrogen-bond donors (Lipinski definition) is 1. The summed E-state index contributed by atoms with van der Waals surface area (Å²) in [5.41, 5.74) is 4.07. The Balaban J connectivity index is 1.22. The summed E-state index contributed by atoms with van der Waals surface area (Å²) in [5.74, 6) is 1.03. The zero-order chi connectivity index (χ0) is 16.7. The third-order valence-corrected chi connectivity index (χ3v) is 6.05. The summed E-state index contributed by atoms with van der Waals surface area (Å²) in [6, 6.07) is 8.78. The Hall–Kier alpha value is -1.85. The number of aromatic nitrogens is 2. The second kappa shape index (κ2) is 6.15. The highest BCUT2D eigenvalue weighted by atomic mass is 16.5. The van der Waals surface area contributed by atoms with Crippen LogP contribution in [0.3, 0.4) is 0 Å². The summed E-state index contributed by atoms with van der Waals surface area (Å²) in [4.78, 5) is 5.03. The average Bonchev–Trinajstić information content (AvgIpc) is 3.20. The quantitative estimate of drug-likeness (QED) is 0.931. The Labute approximate surface area is 149 Å². The van der Waals surface area contributed by atoms with E-state index in [0.29, 0.717) is 0 Å². The van der Waals surface area contributed by atoms with Crippen LogP contribution in [0.25, 0.3) is 0 Å². The SMILES string of the molecule is c1cc(O[C@@]23CCCN(CC2)C3)ccc1CN1CCc2[nH]ncc2C1. The number of H-pyrrole nitrogens is 1. The van der Waals surface area contributed by atoms with Crippen LogP contribution in [0.5, 0.6) is 5.75 Å². The summed E-state index contributed by atoms with van der Waals surface area (Å²) < 4.78 is 6.45. The monoisotopic (exact) mass is 338 g/mol. The number of hydrogen-bond acceptors (Lipinski definition) is 4. The Morgan fingerprint density at radius 3 is 2.96 bits per heavy atom. The van der Waals surface area contributed by atoms with Crippen LogP contribution in [-0.4, -0.2) is 51.8 Å². The smallest absolute Gasteiger partial charge is 0.123 e. The lowest BCUT2D eigenvalue weighted by atomic mass is 9.94. The molecule has 0 radical (unpaired) electrons. The highest BCUT2D eigenvalue weighted by Crippen LogP contribution is 2.35. The Morgan fingerprint density at radius 2 is 2.04 bits per heavy atom. The molecule has 1 aromatic carbocycles. The van der Waals surface area contributed by atoms with Gasteiger partial charge in [-0.3, -0.25) is 14.9 Å². The third kappa shape index (κ3) is 3.07. The predicted octanol–water partition coefficient (Wildman–Crippen LogP) is 2.59. The zero-order valence-electron chi connectivity index (χ0n) is 14.7. The van der Waals surface area contributed by atoms with E-state index in [0.717, 1.165) is 38.3 Å². The van der Waals surface area contributed by atoms with Crippen molar-refractivity contribution in [2.75, 3.05) is 26.2 Å². The van der Waals surface area contributed by atoms with Crippen molar-refractivity contribution in [3.63, 3.8) is 0 Å². The van der Waals surface area contributed by atoms with E-state index < -0.39 is 0 Å². The number of benzene rings is 1. The molecule has 2 bridgehead atoms. The first-order valence-electron chi connectivity index (χ1n) is 9.52. The Bertz CT molecular complexity index is 736. The van der Waals surface area contributed by atoms with Crippen LogP contribution in [0.1, 0.15) is 36.1 Å². The Morgan fingerprint density at radius 1 is 1.12 bits per heavy atom. The van der Waals surface area contributed by atoms with Gasteiger partial charge in [0.2, 0.25) is 0 Å². The predicted molar refractivity (Wildman–Crippen MR) is 96.5 cm³/mol. The zero-order valence-corrected chi connectivity index (χ0v) is 14.7. The fourth-order valence-electron chi connectivity index (χ4n) is 4.67. The second-order valence-electron chi connectivity index (χ2n) is 7.89. The summed E-state index contributed by atoms with van der Waals surface area (Å²) in [6.07, 6.45) is 6.67. The molecule has 1 aromatic heterocycles. The maximum absolute atomic E-state index is 6.45. The molecule has 2 saturated heterocycles. The number of rotatable bonds is 4. The van der Waals surface area contributed by atoms with Gasteiger partial charge < -0.3 is 4.74 Å². The largest absolute Gasteiger partial charge is 0.486 e. The van der Waals surface area contributed by atoms with Gasteiger partial charge in [0.25, 0.3) is 0 Å². The van der Waals surface area contributed by atoms with Gasteiger partial charge in [-0.15, -0.1) is 0 Å². The summed E-state index contributed by atoms with van der Waals surface area (Å²) in [6.45, 7) is 6.62. The van der Waals surface area contributed by atoms with Gasteiger partial charge in [-0.25, -0.2) is 0 Å². The van der Waals surface area contributed by atoms with E-state index >= 15 is 0 Å². The van der Waals surface area contributed by atoms with E-state index in [9.17, 15) is 0 Å². The molecule has 0 saturated carbocycles. The van der Waals surface area contributed by atoms with E-state index in [4.69, 9.17) is 4.74 Å². The van der Waals surface area contributed by atoms with Crippen LogP contribution >= 0.6 is 0 Å². The fourth-order valence-corrected chi connectivity index (χ4v) is 4.67. The van der Waals surface area contributed by atoms with Crippen LogP contribution in [0, 0.1) is 0 Å². The number of nitrogens with one attached hydrogen (secondary N) is 1. The first-order chi connectivity index (χ1) is 12.3. The minimum atomic E-state index is 0.0737. The van der Waals surface area contributed by atoms with E-state index in [-0.39, 0.29) is 5.60 Å². The van der Waals surface area contributed by atoms with Crippen molar-refractivity contribution >= 4 is 0 Å². The van der Waals surface area contributed by atoms with Gasteiger partial charge in [0.05, 0.1) is 6.20 Å². The van der Waals surface area contributed by atoms with Crippen molar-refractivity contribution in [1.82, 2.24) is 20.0 Å². The topological polar surface area (TPSA) is 44.4 Å². The number of nitrogens with zero attached hydrogens (tertiary/aromatic N) is 3. The van der Waals surface area contributed by atoms with Crippen molar-refractivity contribution in [2.45, 2.75) is 44.4 Å². The number of aromatic amines is 1. The van der Waals surface area contributed by atoms with Crippen LogP contribution in [0.15, 0.2) is 30.5 Å². The second-order valence-corrected chi connectivity index (χ2v) is 7.89. The molecule has 2 atom stereocenters. The summed E-state index contributed by atoms with van der Waals surface area (Å²) >= 11 is 0. The minimum absolute atomic E-state index is 0.0737. The maximum Gasteiger partial charge on any atom is 0.123 e. The minimum Gasteiger partial charge on any atom is -0.486 e. The van der Waals surface area contributed by atoms with Gasteiger partial charge in [0, 0.05) is 56.8 Å². The molecule has 25 heavy (non-hydrogen) atoms. The van der Waals surface area contributed by atoms with Crippen LogP contribution < -0.4 is 4.74 Å². The first kappa shape index (κ1) is 15.4. The summed E-state index contributed by atoms with van der Waals surface area (Å²) in [7, 11) is 0. The lowest BCUT2D eigenvalue weighted by molar-refractivity contribution is 0.0452. The molecule has 3 aliphatic heterocycles. The molecule has 0 amide bonds. The normalized spacial score (nSPS) is 28.7. The van der Waals surface area contributed by atoms with Gasteiger partial charge in [-0.2, -0.15) is 5.10 Å². The van der Waals surface area contributed by atoms with Crippen molar-refractivity contribution in [2.24, 2.45) is 0 Å². The van der Waals surface area contributed by atoms with Gasteiger partial charge in [-0.05, 0) is 37.1 Å². The molecule has 1 unspecified atom stereocenters. The van der Waals surface area contributed by atoms with Gasteiger partial charge in [0.15, 0.2) is 0 Å². The molecule has 2 aromatic rings. The molecule has 5 rings (SSSR count). The highest BCUT2D eigenvalue weighted by Gasteiger charge is 2.42. The van der Waals surface area contributed by atoms with Gasteiger partial charge >= 0.3 is 0 Å². The molecule has 3 aliphatic rings. The molecule has 4 heterocycles. The highest BCUT2D eigenvalue weighted by molar-refractivity contribution is 5.29. The first-order valence-corrected chi connectivity index (χ1v) is 9.52. The van der Waals surface area contributed by atoms with Crippen LogP contribution in [-0.2, 0) is 19.5 Å². The molecule has 5 nitrogen and oxygen atoms in total. The molecule has 2 fully saturated rings. The molecule has 1 N–H and O–H groups in total. The fraction of sp³-hybridized carbons (Fsp3) is 0.550. The molecule has 0 aliphatic carbocycles. The van der Waals surface area contributed by atoms with Crippen LogP contribution in [0.4, 0.5) is 0 Å². The lowest BCUT2D eigenvalue weighted by Gasteiger charge is -2.34. The van der Waals surface area contributed by atoms with E-state index in [2.05, 4.69) is 44.3 Å². The standard InChI is InChI=1S/C20H26N4O/c1-7-20(8-11-23(9-1)15-20)25-18-4-2-16(3-5-18)13-24-10-6-19-17(14-24)12-21-22-19/h2-5,12H,1,6-11,13-15H2,(H,21,22)/t20-/m0/s1. The van der Waals surface area contributed by atoms with E-state index in [1.807, 2.05) is 6.20 Å². The number of piperidine rings is 1. The van der Waals surface area contributed by atoms with E-state index in [1.165, 1.54) is 49.2 Å². The Kier molecular flexibility index (Phi) is 3.79. The third-order valence-electron chi connectivity index (χ3n) is 6.05. The van der Waals surface area contributed by atoms with Gasteiger partial charge in [-0.1, -0.05) is 12.1 Å².